The van der Waals surface area contributed by atoms with Crippen molar-refractivity contribution in [3.8, 4) is 0 Å². The number of sulfonamides is 1. The molecule has 2 rings (SSSR count). The third-order valence-corrected chi connectivity index (χ3v) is 5.43. The van der Waals surface area contributed by atoms with Crippen LogP contribution in [0.4, 0.5) is 0 Å². The summed E-state index contributed by atoms with van der Waals surface area (Å²) in [6, 6.07) is 12.3. The zero-order valence-electron chi connectivity index (χ0n) is 15.0. The Morgan fingerprint density at radius 1 is 0.962 bits per heavy atom. The van der Waals surface area contributed by atoms with E-state index < -0.39 is 15.9 Å². The second kappa shape index (κ2) is 8.14. The summed E-state index contributed by atoms with van der Waals surface area (Å²) in [6.07, 6.45) is 0. The fraction of sp³-hybridized carbons (Fsp3) is 0.263. The quantitative estimate of drug-likeness (QED) is 0.842. The number of rotatable bonds is 6. The molecule has 0 unspecified atom stereocenters. The fourth-order valence-electron chi connectivity index (χ4n) is 2.53. The van der Waals surface area contributed by atoms with E-state index in [1.54, 1.807) is 36.1 Å². The van der Waals surface area contributed by atoms with Crippen LogP contribution in [0.25, 0.3) is 0 Å². The van der Waals surface area contributed by atoms with Crippen LogP contribution in [-0.4, -0.2) is 38.2 Å². The van der Waals surface area contributed by atoms with Crippen molar-refractivity contribution in [1.82, 2.24) is 9.62 Å². The third kappa shape index (κ3) is 4.29. The normalized spacial score (nSPS) is 11.0. The Balaban J connectivity index is 2.21. The highest BCUT2D eigenvalue weighted by atomic mass is 32.2. The molecule has 0 saturated heterocycles. The molecule has 1 N–H and O–H groups in total. The number of carbonyl (C=O) groups is 2. The Bertz CT molecular complexity index is 901. The molecule has 0 spiro atoms. The first kappa shape index (κ1) is 19.7. The van der Waals surface area contributed by atoms with E-state index in [1.165, 1.54) is 24.3 Å². The van der Waals surface area contributed by atoms with Gasteiger partial charge in [-0.1, -0.05) is 18.2 Å². The van der Waals surface area contributed by atoms with Crippen molar-refractivity contribution in [3.05, 3.63) is 65.2 Å². The zero-order chi connectivity index (χ0) is 19.3. The van der Waals surface area contributed by atoms with Crippen LogP contribution in [0, 0.1) is 6.92 Å². The second-order valence-corrected chi connectivity index (χ2v) is 7.43. The first-order valence-electron chi connectivity index (χ1n) is 8.32. The van der Waals surface area contributed by atoms with Crippen molar-refractivity contribution in [2.45, 2.75) is 25.7 Å². The zero-order valence-corrected chi connectivity index (χ0v) is 15.8. The van der Waals surface area contributed by atoms with Gasteiger partial charge in [-0.05, 0) is 56.7 Å². The molecule has 0 bridgehead atoms. The number of amides is 2. The maximum absolute atomic E-state index is 12.4. The van der Waals surface area contributed by atoms with Gasteiger partial charge in [-0.2, -0.15) is 0 Å². The monoisotopic (exact) mass is 374 g/mol. The molecule has 7 heteroatoms. The van der Waals surface area contributed by atoms with Gasteiger partial charge in [0.25, 0.3) is 21.8 Å². The highest BCUT2D eigenvalue weighted by Crippen LogP contribution is 2.14. The summed E-state index contributed by atoms with van der Waals surface area (Å²) in [6.45, 7) is 6.63. The number of benzene rings is 2. The topological polar surface area (TPSA) is 83.6 Å². The molecule has 0 heterocycles. The highest BCUT2D eigenvalue weighted by Gasteiger charge is 2.20. The average Bonchev–Trinajstić information content (AvgIpc) is 2.62. The van der Waals surface area contributed by atoms with Gasteiger partial charge in [-0.3, -0.25) is 9.59 Å². The first-order valence-corrected chi connectivity index (χ1v) is 9.80. The van der Waals surface area contributed by atoms with Gasteiger partial charge in [-0.25, -0.2) is 13.1 Å². The van der Waals surface area contributed by atoms with Crippen molar-refractivity contribution >= 4 is 21.8 Å². The van der Waals surface area contributed by atoms with Gasteiger partial charge >= 0.3 is 0 Å². The predicted molar refractivity (Wildman–Crippen MR) is 99.5 cm³/mol. The molecule has 2 aromatic rings. The smallest absolute Gasteiger partial charge is 0.265 e. The van der Waals surface area contributed by atoms with E-state index in [0.717, 1.165) is 0 Å². The van der Waals surface area contributed by atoms with E-state index in [9.17, 15) is 18.0 Å². The molecule has 26 heavy (non-hydrogen) atoms. The lowest BCUT2D eigenvalue weighted by Crippen LogP contribution is -2.31. The second-order valence-electron chi connectivity index (χ2n) is 5.75. The van der Waals surface area contributed by atoms with Gasteiger partial charge in [0.1, 0.15) is 0 Å². The number of carbonyl (C=O) groups excluding carboxylic acids is 2. The van der Waals surface area contributed by atoms with E-state index in [0.29, 0.717) is 29.8 Å². The molecule has 0 saturated carbocycles. The van der Waals surface area contributed by atoms with Gasteiger partial charge in [0.15, 0.2) is 0 Å². The predicted octanol–water partition coefficient (Wildman–Crippen LogP) is 2.60. The summed E-state index contributed by atoms with van der Waals surface area (Å²) >= 11 is 0. The Hall–Kier alpha value is -2.67. The van der Waals surface area contributed by atoms with Gasteiger partial charge in [0, 0.05) is 24.2 Å². The van der Waals surface area contributed by atoms with Crippen LogP contribution in [0.15, 0.2) is 53.4 Å². The average molecular weight is 374 g/mol. The van der Waals surface area contributed by atoms with Crippen molar-refractivity contribution in [2.75, 3.05) is 13.1 Å². The summed E-state index contributed by atoms with van der Waals surface area (Å²) in [5.74, 6) is -0.853. The highest BCUT2D eigenvalue weighted by molar-refractivity contribution is 7.90. The fourth-order valence-corrected chi connectivity index (χ4v) is 3.50. The minimum Gasteiger partial charge on any atom is -0.339 e. The summed E-state index contributed by atoms with van der Waals surface area (Å²) in [5.41, 5.74) is 1.38. The number of hydrogen-bond donors (Lipinski definition) is 1. The molecule has 0 aromatic heterocycles. The Morgan fingerprint density at radius 3 is 2.08 bits per heavy atom. The molecule has 0 fully saturated rings. The SMILES string of the molecule is CCN(CC)C(=O)c1ccc(S(=O)(=O)NC(=O)c2ccccc2C)cc1. The molecule has 0 aliphatic heterocycles. The van der Waals surface area contributed by atoms with Gasteiger partial charge in [0.05, 0.1) is 4.90 Å². The maximum Gasteiger partial charge on any atom is 0.265 e. The van der Waals surface area contributed by atoms with E-state index in [-0.39, 0.29) is 10.8 Å². The Kier molecular flexibility index (Phi) is 6.15. The molecule has 0 atom stereocenters. The maximum atomic E-state index is 12.4. The molecule has 0 aliphatic rings. The van der Waals surface area contributed by atoms with Crippen LogP contribution < -0.4 is 4.72 Å². The minimum absolute atomic E-state index is 0.0736. The minimum atomic E-state index is -4.02. The molecule has 2 amide bonds. The first-order chi connectivity index (χ1) is 12.3. The van der Waals surface area contributed by atoms with Crippen molar-refractivity contribution in [2.24, 2.45) is 0 Å². The van der Waals surface area contributed by atoms with Crippen LogP contribution in [0.3, 0.4) is 0 Å². The Labute approximate surface area is 153 Å². The molecule has 6 nitrogen and oxygen atoms in total. The third-order valence-electron chi connectivity index (χ3n) is 4.08. The standard InChI is InChI=1S/C19H22N2O4S/c1-4-21(5-2)19(23)15-10-12-16(13-11-15)26(24,25)20-18(22)17-9-7-6-8-14(17)3/h6-13H,4-5H2,1-3H3,(H,20,22). The summed E-state index contributed by atoms with van der Waals surface area (Å²) < 4.78 is 26.9. The molecule has 0 radical (unpaired) electrons. The molecule has 138 valence electrons. The van der Waals surface area contributed by atoms with Crippen LogP contribution in [0.5, 0.6) is 0 Å². The molecule has 0 aliphatic carbocycles. The number of aryl methyl sites for hydroxylation is 1. The van der Waals surface area contributed by atoms with E-state index in [4.69, 9.17) is 0 Å². The lowest BCUT2D eigenvalue weighted by atomic mass is 10.1. The number of nitrogens with zero attached hydrogens (tertiary/aromatic N) is 1. The lowest BCUT2D eigenvalue weighted by molar-refractivity contribution is 0.0772. The Morgan fingerprint density at radius 2 is 1.54 bits per heavy atom. The van der Waals surface area contributed by atoms with Crippen LogP contribution >= 0.6 is 0 Å². The molecule has 2 aromatic carbocycles. The van der Waals surface area contributed by atoms with Gasteiger partial charge in [0.2, 0.25) is 0 Å². The number of hydrogen-bond acceptors (Lipinski definition) is 4. The van der Waals surface area contributed by atoms with E-state index in [2.05, 4.69) is 4.72 Å². The molecular formula is C19H22N2O4S. The van der Waals surface area contributed by atoms with Crippen molar-refractivity contribution in [3.63, 3.8) is 0 Å². The lowest BCUT2D eigenvalue weighted by Gasteiger charge is -2.18. The van der Waals surface area contributed by atoms with Crippen molar-refractivity contribution < 1.29 is 18.0 Å². The van der Waals surface area contributed by atoms with Crippen LogP contribution in [0.2, 0.25) is 0 Å². The molecular weight excluding hydrogens is 352 g/mol. The van der Waals surface area contributed by atoms with Crippen LogP contribution in [0.1, 0.15) is 40.1 Å². The summed E-state index contributed by atoms with van der Waals surface area (Å²) in [5, 5.41) is 0. The van der Waals surface area contributed by atoms with E-state index in [1.807, 2.05) is 13.8 Å². The van der Waals surface area contributed by atoms with Gasteiger partial charge in [-0.15, -0.1) is 0 Å². The largest absolute Gasteiger partial charge is 0.339 e. The van der Waals surface area contributed by atoms with Crippen LogP contribution in [-0.2, 0) is 10.0 Å². The van der Waals surface area contributed by atoms with Crippen molar-refractivity contribution in [1.29, 1.82) is 0 Å². The van der Waals surface area contributed by atoms with E-state index >= 15 is 0 Å². The number of nitrogens with one attached hydrogen (secondary N) is 1. The summed E-state index contributed by atoms with van der Waals surface area (Å²) in [4.78, 5) is 26.1. The van der Waals surface area contributed by atoms with Gasteiger partial charge < -0.3 is 4.90 Å². The summed E-state index contributed by atoms with van der Waals surface area (Å²) in [7, 11) is -4.02.